The average Bonchev–Trinajstić information content (AvgIpc) is 2.90. The molecule has 0 saturated carbocycles. The van der Waals surface area contributed by atoms with Crippen LogP contribution >= 0.6 is 11.6 Å². The Labute approximate surface area is 139 Å². The minimum absolute atomic E-state index is 0.0564. The number of oxime groups is 1. The summed E-state index contributed by atoms with van der Waals surface area (Å²) < 4.78 is 0. The lowest BCUT2D eigenvalue weighted by atomic mass is 9.94. The third-order valence-corrected chi connectivity index (χ3v) is 3.95. The summed E-state index contributed by atoms with van der Waals surface area (Å²) >= 11 is 6.00. The van der Waals surface area contributed by atoms with Crippen molar-refractivity contribution in [3.05, 3.63) is 41.0 Å². The van der Waals surface area contributed by atoms with Gasteiger partial charge in [0, 0.05) is 29.6 Å². The van der Waals surface area contributed by atoms with E-state index in [2.05, 4.69) is 15.5 Å². The number of rotatable bonds is 3. The number of benzene rings is 1. The first-order valence-corrected chi connectivity index (χ1v) is 7.87. The smallest absolute Gasteiger partial charge is 0.267 e. The third kappa shape index (κ3) is 3.15. The molecule has 1 aromatic heterocycles. The Hall–Kier alpha value is -2.14. The predicted octanol–water partition coefficient (Wildman–Crippen LogP) is 3.30. The van der Waals surface area contributed by atoms with Crippen LogP contribution in [0.1, 0.15) is 32.8 Å². The van der Waals surface area contributed by atoms with E-state index >= 15 is 0 Å². The van der Waals surface area contributed by atoms with E-state index in [0.717, 1.165) is 22.2 Å². The van der Waals surface area contributed by atoms with Crippen LogP contribution in [0.2, 0.25) is 5.02 Å². The van der Waals surface area contributed by atoms with E-state index in [4.69, 9.17) is 16.4 Å². The zero-order valence-electron chi connectivity index (χ0n) is 13.3. The van der Waals surface area contributed by atoms with Crippen molar-refractivity contribution in [1.82, 2.24) is 10.3 Å². The number of aromatic nitrogens is 1. The molecule has 2 heterocycles. The van der Waals surface area contributed by atoms with Gasteiger partial charge in [0.15, 0.2) is 0 Å². The predicted molar refractivity (Wildman–Crippen MR) is 90.7 cm³/mol. The molecular formula is C17H18ClN3O2. The summed E-state index contributed by atoms with van der Waals surface area (Å²) in [5.74, 6) is -0.156. The van der Waals surface area contributed by atoms with Crippen molar-refractivity contribution in [2.45, 2.75) is 38.8 Å². The maximum absolute atomic E-state index is 12.3. The van der Waals surface area contributed by atoms with Gasteiger partial charge in [0.05, 0.1) is 16.3 Å². The van der Waals surface area contributed by atoms with Crippen LogP contribution in [0.3, 0.4) is 0 Å². The number of amides is 1. The summed E-state index contributed by atoms with van der Waals surface area (Å²) in [5.41, 5.74) is 1.54. The Kier molecular flexibility index (Phi) is 3.98. The van der Waals surface area contributed by atoms with Crippen molar-refractivity contribution in [3.8, 4) is 0 Å². The van der Waals surface area contributed by atoms with E-state index < -0.39 is 5.60 Å². The second-order valence-electron chi connectivity index (χ2n) is 6.23. The summed E-state index contributed by atoms with van der Waals surface area (Å²) in [6, 6.07) is 7.71. The highest BCUT2D eigenvalue weighted by Crippen LogP contribution is 2.28. The molecule has 1 N–H and O–H groups in total. The largest absolute Gasteiger partial charge is 0.379 e. The Bertz CT molecular complexity index is 804. The van der Waals surface area contributed by atoms with Gasteiger partial charge in [0.2, 0.25) is 5.60 Å². The molecule has 1 aliphatic rings. The molecule has 0 radical (unpaired) electrons. The Morgan fingerprint density at radius 2 is 2.17 bits per heavy atom. The zero-order valence-corrected chi connectivity index (χ0v) is 14.0. The van der Waals surface area contributed by atoms with Gasteiger partial charge >= 0.3 is 0 Å². The van der Waals surface area contributed by atoms with E-state index in [1.807, 2.05) is 38.1 Å². The molecule has 0 bridgehead atoms. The van der Waals surface area contributed by atoms with Crippen LogP contribution in [0.15, 0.2) is 35.6 Å². The number of hydrogen-bond donors (Lipinski definition) is 1. The monoisotopic (exact) mass is 331 g/mol. The van der Waals surface area contributed by atoms with Gasteiger partial charge in [-0.05, 0) is 39.0 Å². The number of nitrogens with one attached hydrogen (secondary N) is 1. The van der Waals surface area contributed by atoms with Gasteiger partial charge in [0.25, 0.3) is 5.91 Å². The molecule has 0 aliphatic carbocycles. The van der Waals surface area contributed by atoms with Gasteiger partial charge in [-0.15, -0.1) is 0 Å². The normalized spacial score (nSPS) is 20.5. The minimum Gasteiger partial charge on any atom is -0.379 e. The molecule has 1 atom stereocenters. The highest BCUT2D eigenvalue weighted by atomic mass is 35.5. The van der Waals surface area contributed by atoms with Crippen LogP contribution in [0, 0.1) is 0 Å². The van der Waals surface area contributed by atoms with E-state index in [1.54, 1.807) is 13.1 Å². The second kappa shape index (κ2) is 5.81. The fourth-order valence-corrected chi connectivity index (χ4v) is 2.68. The van der Waals surface area contributed by atoms with E-state index in [1.165, 1.54) is 0 Å². The van der Waals surface area contributed by atoms with Crippen molar-refractivity contribution < 1.29 is 9.63 Å². The van der Waals surface area contributed by atoms with Gasteiger partial charge in [-0.2, -0.15) is 0 Å². The second-order valence-corrected chi connectivity index (χ2v) is 6.66. The highest BCUT2D eigenvalue weighted by molar-refractivity contribution is 6.31. The number of nitrogens with zero attached hydrogens (tertiary/aromatic N) is 2. The number of carbonyl (C=O) groups is 1. The Morgan fingerprint density at radius 3 is 2.91 bits per heavy atom. The number of carbonyl (C=O) groups excluding carboxylic acids is 1. The number of halogens is 1. The summed E-state index contributed by atoms with van der Waals surface area (Å²) in [4.78, 5) is 22.0. The molecule has 3 rings (SSSR count). The maximum atomic E-state index is 12.3. The molecule has 2 aromatic rings. The zero-order chi connectivity index (χ0) is 16.6. The maximum Gasteiger partial charge on any atom is 0.267 e. The Morgan fingerprint density at radius 1 is 1.39 bits per heavy atom. The fourth-order valence-electron chi connectivity index (χ4n) is 2.52. The minimum atomic E-state index is -0.971. The summed E-state index contributed by atoms with van der Waals surface area (Å²) in [6.07, 6.45) is 2.04. The van der Waals surface area contributed by atoms with Gasteiger partial charge < -0.3 is 10.2 Å². The van der Waals surface area contributed by atoms with Crippen LogP contribution in [0.4, 0.5) is 0 Å². The van der Waals surface area contributed by atoms with Crippen molar-refractivity contribution >= 4 is 34.1 Å². The Balaban J connectivity index is 1.85. The quantitative estimate of drug-likeness (QED) is 0.938. The summed E-state index contributed by atoms with van der Waals surface area (Å²) in [5, 5.41) is 8.50. The summed E-state index contributed by atoms with van der Waals surface area (Å²) in [6.45, 7) is 5.58. The summed E-state index contributed by atoms with van der Waals surface area (Å²) in [7, 11) is 0. The molecule has 120 valence electrons. The lowest BCUT2D eigenvalue weighted by Gasteiger charge is -2.21. The standard InChI is InChI=1S/C17H18ClN3O2/c1-10(2)20-16(22)17(3)8-15(21-23-17)11-4-5-14-12(6-11)7-13(18)9-19-14/h4-7,9-10H,8H2,1-3H3,(H,20,22). The van der Waals surface area contributed by atoms with Gasteiger partial charge in [-0.25, -0.2) is 0 Å². The van der Waals surface area contributed by atoms with Gasteiger partial charge in [-0.1, -0.05) is 22.8 Å². The van der Waals surface area contributed by atoms with Crippen LogP contribution in [-0.4, -0.2) is 28.2 Å². The SMILES string of the molecule is CC(C)NC(=O)C1(C)CC(c2ccc3ncc(Cl)cc3c2)=NO1. The third-order valence-electron chi connectivity index (χ3n) is 3.74. The van der Waals surface area contributed by atoms with Crippen LogP contribution in [-0.2, 0) is 9.63 Å². The topological polar surface area (TPSA) is 63.6 Å². The molecule has 23 heavy (non-hydrogen) atoms. The average molecular weight is 332 g/mol. The molecule has 0 saturated heterocycles. The molecule has 0 fully saturated rings. The van der Waals surface area contributed by atoms with Crippen molar-refractivity contribution in [3.63, 3.8) is 0 Å². The number of hydrogen-bond acceptors (Lipinski definition) is 4. The fraction of sp³-hybridized carbons (Fsp3) is 0.353. The lowest BCUT2D eigenvalue weighted by molar-refractivity contribution is -0.142. The van der Waals surface area contributed by atoms with Crippen LogP contribution < -0.4 is 5.32 Å². The van der Waals surface area contributed by atoms with Crippen molar-refractivity contribution in [1.29, 1.82) is 0 Å². The van der Waals surface area contributed by atoms with Crippen LogP contribution in [0.25, 0.3) is 10.9 Å². The molecule has 0 spiro atoms. The highest BCUT2D eigenvalue weighted by Gasteiger charge is 2.42. The molecule has 1 amide bonds. The molecular weight excluding hydrogens is 314 g/mol. The number of pyridine rings is 1. The van der Waals surface area contributed by atoms with Gasteiger partial charge in [-0.3, -0.25) is 9.78 Å². The number of fused-ring (bicyclic) bond motifs is 1. The first-order chi connectivity index (χ1) is 10.9. The lowest BCUT2D eigenvalue weighted by Crippen LogP contribution is -2.47. The first-order valence-electron chi connectivity index (χ1n) is 7.49. The molecule has 1 aliphatic heterocycles. The van der Waals surface area contributed by atoms with Crippen molar-refractivity contribution in [2.24, 2.45) is 5.16 Å². The molecule has 1 aromatic carbocycles. The van der Waals surface area contributed by atoms with Crippen LogP contribution in [0.5, 0.6) is 0 Å². The molecule has 5 nitrogen and oxygen atoms in total. The molecule has 6 heteroatoms. The van der Waals surface area contributed by atoms with E-state index in [9.17, 15) is 4.79 Å². The van der Waals surface area contributed by atoms with E-state index in [-0.39, 0.29) is 11.9 Å². The van der Waals surface area contributed by atoms with Gasteiger partial charge in [0.1, 0.15) is 0 Å². The van der Waals surface area contributed by atoms with E-state index in [0.29, 0.717) is 11.4 Å². The first kappa shape index (κ1) is 15.7. The molecule has 1 unspecified atom stereocenters. The van der Waals surface area contributed by atoms with Crippen molar-refractivity contribution in [2.75, 3.05) is 0 Å².